The summed E-state index contributed by atoms with van der Waals surface area (Å²) in [6.45, 7) is 5.17. The second kappa shape index (κ2) is 4.81. The number of rotatable bonds is 2. The van der Waals surface area contributed by atoms with E-state index in [2.05, 4.69) is 0 Å². The van der Waals surface area contributed by atoms with Gasteiger partial charge in [-0.3, -0.25) is 4.90 Å². The molecule has 2 heterocycles. The molecule has 1 aliphatic heterocycles. The maximum absolute atomic E-state index is 12.4. The Morgan fingerprint density at radius 3 is 2.68 bits per heavy atom. The number of fused-ring (bicyclic) bond motifs is 1. The van der Waals surface area contributed by atoms with Crippen LogP contribution in [0.4, 0.5) is 0 Å². The van der Waals surface area contributed by atoms with E-state index in [-0.39, 0.29) is 8.42 Å². The maximum Gasteiger partial charge on any atom is 0.247 e. The highest BCUT2D eigenvalue weighted by atomic mass is 32.3. The number of hydrogen-bond donors (Lipinski definition) is 1. The molecule has 0 aromatic carbocycles. The largest absolute Gasteiger partial charge is 0.298 e. The summed E-state index contributed by atoms with van der Waals surface area (Å²) in [4.78, 5) is 1.98. The lowest BCUT2D eigenvalue weighted by Gasteiger charge is -2.19. The van der Waals surface area contributed by atoms with Crippen LogP contribution in [0.15, 0.2) is 14.5 Å². The molecule has 0 aliphatic carbocycles. The first-order chi connectivity index (χ1) is 8.66. The van der Waals surface area contributed by atoms with Crippen LogP contribution in [0.25, 0.3) is 0 Å². The first-order valence-corrected chi connectivity index (χ1v) is 9.69. The average Bonchev–Trinajstić information content (AvgIpc) is 2.68. The molecule has 6 nitrogen and oxygen atoms in total. The van der Waals surface area contributed by atoms with Crippen molar-refractivity contribution < 1.29 is 16.8 Å². The summed E-state index contributed by atoms with van der Waals surface area (Å²) < 4.78 is 47.5. The van der Waals surface area contributed by atoms with Crippen LogP contribution in [0.2, 0.25) is 0 Å². The van der Waals surface area contributed by atoms with E-state index in [1.807, 2.05) is 11.8 Å². The lowest BCUT2D eigenvalue weighted by molar-refractivity contribution is 0.284. The molecule has 19 heavy (non-hydrogen) atoms. The van der Waals surface area contributed by atoms with Gasteiger partial charge in [0.15, 0.2) is 9.84 Å². The number of sulfone groups is 1. The topological polar surface area (TPSA) is 97.5 Å². The zero-order valence-electron chi connectivity index (χ0n) is 10.7. The number of sulfonamides is 1. The van der Waals surface area contributed by atoms with Crippen LogP contribution >= 0.6 is 11.3 Å². The fourth-order valence-electron chi connectivity index (χ4n) is 2.07. The maximum atomic E-state index is 12.4. The van der Waals surface area contributed by atoms with Crippen molar-refractivity contribution >= 4 is 31.2 Å². The molecular formula is C10H16N2O4S3. The van der Waals surface area contributed by atoms with Crippen molar-refractivity contribution in [1.29, 1.82) is 0 Å². The van der Waals surface area contributed by atoms with E-state index in [1.54, 1.807) is 6.92 Å². The number of nitrogens with two attached hydrogens (primary N) is 1. The van der Waals surface area contributed by atoms with Crippen molar-refractivity contribution in [3.63, 3.8) is 0 Å². The highest BCUT2D eigenvalue weighted by Crippen LogP contribution is 2.35. The van der Waals surface area contributed by atoms with E-state index in [0.29, 0.717) is 25.2 Å². The zero-order valence-corrected chi connectivity index (χ0v) is 13.1. The third-order valence-corrected chi connectivity index (χ3v) is 8.50. The summed E-state index contributed by atoms with van der Waals surface area (Å²) in [5.74, 6) is 0. The molecule has 1 aromatic heterocycles. The Kier molecular flexibility index (Phi) is 3.78. The highest BCUT2D eigenvalue weighted by molar-refractivity contribution is 7.95. The van der Waals surface area contributed by atoms with Crippen LogP contribution in [-0.4, -0.2) is 40.1 Å². The lowest BCUT2D eigenvalue weighted by atomic mass is 10.3. The summed E-state index contributed by atoms with van der Waals surface area (Å²) >= 11 is 0.751. The van der Waals surface area contributed by atoms with Gasteiger partial charge in [0.25, 0.3) is 0 Å². The van der Waals surface area contributed by atoms with Crippen LogP contribution in [0.1, 0.15) is 19.4 Å². The van der Waals surface area contributed by atoms with Crippen LogP contribution < -0.4 is 5.14 Å². The number of thiophene rings is 1. The van der Waals surface area contributed by atoms with Crippen LogP contribution in [-0.2, 0) is 26.4 Å². The van der Waals surface area contributed by atoms with Gasteiger partial charge in [0.1, 0.15) is 8.42 Å². The summed E-state index contributed by atoms with van der Waals surface area (Å²) in [7, 11) is -7.35. The van der Waals surface area contributed by atoms with Crippen molar-refractivity contribution in [2.75, 3.05) is 13.1 Å². The van der Waals surface area contributed by atoms with Gasteiger partial charge in [-0.1, -0.05) is 6.92 Å². The van der Waals surface area contributed by atoms with Gasteiger partial charge in [0.05, 0.1) is 5.25 Å². The summed E-state index contributed by atoms with van der Waals surface area (Å²) in [6, 6.07) is 1.38. The molecule has 0 saturated carbocycles. The minimum absolute atomic E-state index is 0.0915. The second-order valence-corrected chi connectivity index (χ2v) is 10.0. The standard InChI is InChI=1S/C10H16N2O4S3/c1-3-12-5-7(2)18(13,14)10-8(6-12)4-9(17-10)19(11,15)16/h4,7H,3,5-6H2,1-2H3,(H2,11,15,16)/t7-/m1/s1. The molecule has 0 spiro atoms. The Balaban J connectivity index is 2.63. The predicted molar refractivity (Wildman–Crippen MR) is 73.3 cm³/mol. The van der Waals surface area contributed by atoms with Crippen molar-refractivity contribution in [3.05, 3.63) is 11.6 Å². The van der Waals surface area contributed by atoms with Crippen LogP contribution in [0, 0.1) is 0 Å². The van der Waals surface area contributed by atoms with E-state index in [4.69, 9.17) is 5.14 Å². The molecule has 0 radical (unpaired) electrons. The Labute approximate surface area is 117 Å². The van der Waals surface area contributed by atoms with Gasteiger partial charge in [-0.25, -0.2) is 22.0 Å². The Bertz CT molecular complexity index is 690. The first-order valence-electron chi connectivity index (χ1n) is 5.78. The van der Waals surface area contributed by atoms with Gasteiger partial charge in [-0.05, 0) is 25.1 Å². The second-order valence-electron chi connectivity index (χ2n) is 4.61. The third kappa shape index (κ3) is 2.70. The van der Waals surface area contributed by atoms with Crippen LogP contribution in [0.5, 0.6) is 0 Å². The fourth-order valence-corrected chi connectivity index (χ4v) is 6.38. The lowest BCUT2D eigenvalue weighted by Crippen LogP contribution is -2.31. The normalized spacial score (nSPS) is 23.8. The molecule has 9 heteroatoms. The molecule has 0 unspecified atom stereocenters. The molecule has 1 aliphatic rings. The zero-order chi connectivity index (χ0) is 14.4. The molecule has 1 aromatic rings. The van der Waals surface area contributed by atoms with Crippen LogP contribution in [0.3, 0.4) is 0 Å². The monoisotopic (exact) mass is 324 g/mol. The first kappa shape index (κ1) is 14.9. The molecular weight excluding hydrogens is 308 g/mol. The van der Waals surface area contributed by atoms with Gasteiger partial charge >= 0.3 is 0 Å². The Morgan fingerprint density at radius 1 is 1.53 bits per heavy atom. The quantitative estimate of drug-likeness (QED) is 0.849. The van der Waals surface area contributed by atoms with E-state index < -0.39 is 25.1 Å². The molecule has 0 bridgehead atoms. The molecule has 1 atom stereocenters. The molecule has 2 N–H and O–H groups in total. The van der Waals surface area contributed by atoms with Crippen molar-refractivity contribution in [3.8, 4) is 0 Å². The predicted octanol–water partition coefficient (Wildman–Crippen LogP) is 0.393. The van der Waals surface area contributed by atoms with E-state index in [1.165, 1.54) is 6.07 Å². The van der Waals surface area contributed by atoms with Gasteiger partial charge in [-0.15, -0.1) is 11.3 Å². The highest BCUT2D eigenvalue weighted by Gasteiger charge is 2.34. The van der Waals surface area contributed by atoms with Crippen molar-refractivity contribution in [1.82, 2.24) is 4.90 Å². The summed E-state index contributed by atoms with van der Waals surface area (Å²) in [6.07, 6.45) is 0. The number of hydrogen-bond acceptors (Lipinski definition) is 6. The molecule has 0 fully saturated rings. The van der Waals surface area contributed by atoms with E-state index >= 15 is 0 Å². The van der Waals surface area contributed by atoms with Gasteiger partial charge in [0.2, 0.25) is 10.0 Å². The van der Waals surface area contributed by atoms with Gasteiger partial charge in [0, 0.05) is 13.1 Å². The van der Waals surface area contributed by atoms with Crippen molar-refractivity contribution in [2.24, 2.45) is 5.14 Å². The van der Waals surface area contributed by atoms with Gasteiger partial charge in [-0.2, -0.15) is 0 Å². The SMILES string of the molecule is CCN1Cc2cc(S(N)(=O)=O)sc2S(=O)(=O)[C@H](C)C1. The Morgan fingerprint density at radius 2 is 2.16 bits per heavy atom. The van der Waals surface area contributed by atoms with E-state index in [0.717, 1.165) is 11.3 Å². The average molecular weight is 324 g/mol. The molecule has 2 rings (SSSR count). The number of primary sulfonamides is 1. The minimum Gasteiger partial charge on any atom is -0.298 e. The molecule has 0 amide bonds. The Hall–Kier alpha value is -0.480. The minimum atomic E-state index is -3.87. The van der Waals surface area contributed by atoms with Crippen molar-refractivity contribution in [2.45, 2.75) is 34.1 Å². The summed E-state index contributed by atoms with van der Waals surface area (Å²) in [5.41, 5.74) is 0.528. The van der Waals surface area contributed by atoms with E-state index in [9.17, 15) is 16.8 Å². The smallest absolute Gasteiger partial charge is 0.247 e. The molecule has 108 valence electrons. The third-order valence-electron chi connectivity index (χ3n) is 3.17. The van der Waals surface area contributed by atoms with Gasteiger partial charge < -0.3 is 0 Å². The molecule has 0 saturated heterocycles. The number of nitrogens with zero attached hydrogens (tertiary/aromatic N) is 1. The fraction of sp³-hybridized carbons (Fsp3) is 0.600. The summed E-state index contributed by atoms with van der Waals surface area (Å²) in [5, 5.41) is 4.52.